The van der Waals surface area contributed by atoms with Crippen LogP contribution in [-0.2, 0) is 9.59 Å². The molecule has 0 spiro atoms. The molecule has 82 valence electrons. The molecule has 1 aliphatic rings. The summed E-state index contributed by atoms with van der Waals surface area (Å²) in [4.78, 5) is 24.4. The average molecular weight is 234 g/mol. The van der Waals surface area contributed by atoms with Crippen LogP contribution in [0.5, 0.6) is 0 Å². The van der Waals surface area contributed by atoms with Gasteiger partial charge in [-0.3, -0.25) is 9.69 Å². The number of benzene rings is 1. The maximum Gasteiger partial charge on any atom is 0.234 e. The van der Waals surface area contributed by atoms with E-state index in [9.17, 15) is 9.59 Å². The number of thioether (sulfide) groups is 1. The zero-order valence-corrected chi connectivity index (χ0v) is 9.24. The molecule has 2 N–H and O–H groups in total. The highest BCUT2D eigenvalue weighted by atomic mass is 32.2. The van der Waals surface area contributed by atoms with Gasteiger partial charge in [0.15, 0.2) is 0 Å². The zero-order valence-electron chi connectivity index (χ0n) is 8.42. The van der Waals surface area contributed by atoms with E-state index in [1.54, 1.807) is 12.0 Å². The maximum atomic E-state index is 11.8. The van der Waals surface area contributed by atoms with Gasteiger partial charge < -0.3 is 5.73 Å². The number of amides is 1. The third-order valence-electron chi connectivity index (χ3n) is 2.23. The van der Waals surface area contributed by atoms with Crippen LogP contribution < -0.4 is 10.6 Å². The van der Waals surface area contributed by atoms with Crippen molar-refractivity contribution in [2.45, 2.75) is 16.7 Å². The van der Waals surface area contributed by atoms with E-state index in [1.165, 1.54) is 16.7 Å². The molecule has 1 aromatic rings. The molecule has 2 rings (SSSR count). The lowest BCUT2D eigenvalue weighted by atomic mass is 10.2. The van der Waals surface area contributed by atoms with Gasteiger partial charge in [-0.05, 0) is 12.1 Å². The summed E-state index contributed by atoms with van der Waals surface area (Å²) in [5.74, 6) is 1.44. The van der Waals surface area contributed by atoms with Gasteiger partial charge in [0.25, 0.3) is 0 Å². The number of carbonyl (C=O) groups excluding carboxylic acids is 2. The summed E-state index contributed by atoms with van der Waals surface area (Å²) in [6.07, 6.45) is 1.32. The Morgan fingerprint density at radius 2 is 2.25 bits per heavy atom. The summed E-state index contributed by atoms with van der Waals surface area (Å²) in [6, 6.07) is 7.35. The van der Waals surface area contributed by atoms with Gasteiger partial charge in [0.05, 0.1) is 23.7 Å². The second-order valence-electron chi connectivity index (χ2n) is 3.34. The van der Waals surface area contributed by atoms with Gasteiger partial charge >= 0.3 is 0 Å². The molecule has 1 heterocycles. The minimum absolute atomic E-state index is 0.187. The van der Waals surface area contributed by atoms with Gasteiger partial charge in [0.2, 0.25) is 5.91 Å². The van der Waals surface area contributed by atoms with E-state index < -0.39 is 0 Å². The first kappa shape index (κ1) is 11.0. The quantitative estimate of drug-likeness (QED) is 0.740. The first-order valence-electron chi connectivity index (χ1n) is 4.76. The summed E-state index contributed by atoms with van der Waals surface area (Å²) in [5, 5.41) is -0.279. The highest BCUT2D eigenvalue weighted by molar-refractivity contribution is 8.00. The van der Waals surface area contributed by atoms with E-state index in [2.05, 4.69) is 0 Å². The summed E-state index contributed by atoms with van der Waals surface area (Å²) >= 11 is 1.43. The van der Waals surface area contributed by atoms with Gasteiger partial charge in [-0.15, -0.1) is 11.8 Å². The Morgan fingerprint density at radius 3 is 3.00 bits per heavy atom. The maximum absolute atomic E-state index is 11.8. The standard InChI is InChI=1S/C11H10N2O2S/c12-10-7-11(15)13(5-6-14)8-3-1-2-4-9(8)16-10/h1-5,10H,7,12H2. The Bertz CT molecular complexity index is 469. The number of carbonyl (C=O) groups is 1. The third kappa shape index (κ3) is 2.02. The van der Waals surface area contributed by atoms with Gasteiger partial charge in [-0.1, -0.05) is 12.1 Å². The fraction of sp³-hybridized carbons (Fsp3) is 0.182. The molecule has 4 nitrogen and oxygen atoms in total. The van der Waals surface area contributed by atoms with Gasteiger partial charge in [0, 0.05) is 4.90 Å². The minimum Gasteiger partial charge on any atom is -0.319 e. The van der Waals surface area contributed by atoms with Crippen molar-refractivity contribution in [1.82, 2.24) is 0 Å². The number of anilines is 1. The van der Waals surface area contributed by atoms with E-state index in [-0.39, 0.29) is 17.7 Å². The van der Waals surface area contributed by atoms with E-state index in [4.69, 9.17) is 5.73 Å². The lowest BCUT2D eigenvalue weighted by Crippen LogP contribution is -2.28. The Labute approximate surface area is 97.1 Å². The third-order valence-corrected chi connectivity index (χ3v) is 3.30. The molecule has 0 bridgehead atoms. The fourth-order valence-corrected chi connectivity index (χ4v) is 2.56. The van der Waals surface area contributed by atoms with Crippen LogP contribution in [0.4, 0.5) is 5.69 Å². The van der Waals surface area contributed by atoms with E-state index in [0.29, 0.717) is 5.69 Å². The fourth-order valence-electron chi connectivity index (χ4n) is 1.56. The van der Waals surface area contributed by atoms with Gasteiger partial charge in [-0.2, -0.15) is 0 Å². The van der Waals surface area contributed by atoms with Crippen LogP contribution in [0.15, 0.2) is 35.4 Å². The number of fused-ring (bicyclic) bond motifs is 1. The van der Waals surface area contributed by atoms with Crippen LogP contribution in [0.1, 0.15) is 6.42 Å². The SMILES string of the molecule is NC1CC(=O)N(C=C=O)c2ccccc2S1. The van der Waals surface area contributed by atoms with Crippen molar-refractivity contribution in [3.63, 3.8) is 0 Å². The molecule has 1 aliphatic heterocycles. The number of hydrogen-bond acceptors (Lipinski definition) is 4. The number of para-hydroxylation sites is 1. The number of rotatable bonds is 1. The van der Waals surface area contributed by atoms with Crippen LogP contribution >= 0.6 is 11.8 Å². The molecule has 0 aliphatic carbocycles. The number of nitrogens with zero attached hydrogens (tertiary/aromatic N) is 1. The molecule has 16 heavy (non-hydrogen) atoms. The normalized spacial score (nSPS) is 19.7. The first-order chi connectivity index (χ1) is 7.72. The number of nitrogens with two attached hydrogens (primary N) is 1. The highest BCUT2D eigenvalue weighted by Gasteiger charge is 2.25. The first-order valence-corrected chi connectivity index (χ1v) is 5.64. The summed E-state index contributed by atoms with van der Waals surface area (Å²) in [6.45, 7) is 0. The molecule has 0 saturated carbocycles. The van der Waals surface area contributed by atoms with Crippen LogP contribution in [-0.4, -0.2) is 17.2 Å². The molecule has 0 fully saturated rings. The van der Waals surface area contributed by atoms with E-state index >= 15 is 0 Å². The molecule has 5 heteroatoms. The van der Waals surface area contributed by atoms with Crippen molar-refractivity contribution >= 4 is 29.3 Å². The van der Waals surface area contributed by atoms with E-state index in [0.717, 1.165) is 11.1 Å². The summed E-state index contributed by atoms with van der Waals surface area (Å²) in [7, 11) is 0. The van der Waals surface area contributed by atoms with Crippen LogP contribution in [0.2, 0.25) is 0 Å². The molecule has 1 aromatic carbocycles. The van der Waals surface area contributed by atoms with Gasteiger partial charge in [0.1, 0.15) is 5.94 Å². The average Bonchev–Trinajstić information content (AvgIpc) is 2.37. The minimum atomic E-state index is -0.279. The lowest BCUT2D eigenvalue weighted by molar-refractivity contribution is -0.117. The molecule has 0 saturated heterocycles. The molecule has 1 atom stereocenters. The predicted molar refractivity (Wildman–Crippen MR) is 62.6 cm³/mol. The van der Waals surface area contributed by atoms with Crippen molar-refractivity contribution < 1.29 is 9.59 Å². The largest absolute Gasteiger partial charge is 0.319 e. The van der Waals surface area contributed by atoms with Crippen molar-refractivity contribution in [1.29, 1.82) is 0 Å². The summed E-state index contributed by atoms with van der Waals surface area (Å²) in [5.41, 5.74) is 6.49. The highest BCUT2D eigenvalue weighted by Crippen LogP contribution is 2.36. The Kier molecular flexibility index (Phi) is 3.10. The predicted octanol–water partition coefficient (Wildman–Crippen LogP) is 1.15. The second-order valence-corrected chi connectivity index (χ2v) is 4.62. The zero-order chi connectivity index (χ0) is 11.5. The van der Waals surface area contributed by atoms with E-state index in [1.807, 2.05) is 18.2 Å². The van der Waals surface area contributed by atoms with Crippen LogP contribution in [0.3, 0.4) is 0 Å². The summed E-state index contributed by atoms with van der Waals surface area (Å²) < 4.78 is 0. The second kappa shape index (κ2) is 4.53. The Hall–Kier alpha value is -1.55. The van der Waals surface area contributed by atoms with Crippen LogP contribution in [0.25, 0.3) is 0 Å². The Balaban J connectivity index is 2.52. The van der Waals surface area contributed by atoms with Crippen LogP contribution in [0, 0.1) is 0 Å². The molecule has 1 unspecified atom stereocenters. The molecule has 1 amide bonds. The molecular formula is C11H10N2O2S. The molecular weight excluding hydrogens is 224 g/mol. The van der Waals surface area contributed by atoms with Crippen molar-refractivity contribution in [2.75, 3.05) is 4.90 Å². The Morgan fingerprint density at radius 1 is 1.50 bits per heavy atom. The molecule has 0 radical (unpaired) electrons. The monoisotopic (exact) mass is 234 g/mol. The lowest BCUT2D eigenvalue weighted by Gasteiger charge is -2.15. The molecule has 0 aromatic heterocycles. The smallest absolute Gasteiger partial charge is 0.234 e. The van der Waals surface area contributed by atoms with Crippen molar-refractivity contribution in [3.8, 4) is 0 Å². The number of hydrogen-bond donors (Lipinski definition) is 1. The topological polar surface area (TPSA) is 63.4 Å². The van der Waals surface area contributed by atoms with Crippen molar-refractivity contribution in [2.24, 2.45) is 5.73 Å². The van der Waals surface area contributed by atoms with Crippen molar-refractivity contribution in [3.05, 3.63) is 30.5 Å². The van der Waals surface area contributed by atoms with Gasteiger partial charge in [-0.25, -0.2) is 4.79 Å².